The minimum Gasteiger partial charge on any atom is -0.389 e. The van der Waals surface area contributed by atoms with Gasteiger partial charge in [-0.1, -0.05) is 30.4 Å². The van der Waals surface area contributed by atoms with E-state index in [9.17, 15) is 5.11 Å². The number of aliphatic hydroxyl groups is 1. The van der Waals surface area contributed by atoms with Crippen LogP contribution < -0.4 is 0 Å². The van der Waals surface area contributed by atoms with Crippen molar-refractivity contribution in [2.24, 2.45) is 5.92 Å². The van der Waals surface area contributed by atoms with Gasteiger partial charge in [-0.15, -0.1) is 11.8 Å². The van der Waals surface area contributed by atoms with Gasteiger partial charge in [-0.25, -0.2) is 0 Å². The van der Waals surface area contributed by atoms with Crippen molar-refractivity contribution in [3.05, 3.63) is 42.5 Å². The molecule has 2 heteroatoms. The maximum Gasteiger partial charge on any atom is 0.0741 e. The summed E-state index contributed by atoms with van der Waals surface area (Å²) in [5, 5.41) is 10.8. The Morgan fingerprint density at radius 2 is 2.06 bits per heavy atom. The summed E-state index contributed by atoms with van der Waals surface area (Å²) in [4.78, 5) is 1.24. The average molecular weight is 262 g/mol. The molecule has 98 valence electrons. The van der Waals surface area contributed by atoms with Crippen molar-refractivity contribution in [1.29, 1.82) is 0 Å². The van der Waals surface area contributed by atoms with Crippen molar-refractivity contribution in [3.8, 4) is 0 Å². The van der Waals surface area contributed by atoms with Crippen LogP contribution in [0.4, 0.5) is 0 Å². The minimum absolute atomic E-state index is 0.260. The van der Waals surface area contributed by atoms with Crippen LogP contribution in [0.1, 0.15) is 33.1 Å². The van der Waals surface area contributed by atoms with E-state index in [-0.39, 0.29) is 5.25 Å². The molecule has 1 saturated carbocycles. The highest BCUT2D eigenvalue weighted by molar-refractivity contribution is 8.00. The molecular weight excluding hydrogens is 240 g/mol. The molecule has 1 fully saturated rings. The van der Waals surface area contributed by atoms with E-state index in [1.165, 1.54) is 10.5 Å². The van der Waals surface area contributed by atoms with Crippen molar-refractivity contribution >= 4 is 11.8 Å². The monoisotopic (exact) mass is 262 g/mol. The van der Waals surface area contributed by atoms with Crippen LogP contribution in [0.5, 0.6) is 0 Å². The molecule has 18 heavy (non-hydrogen) atoms. The molecule has 0 bridgehead atoms. The van der Waals surface area contributed by atoms with E-state index in [2.05, 4.69) is 37.8 Å². The minimum atomic E-state index is -0.563. The fourth-order valence-electron chi connectivity index (χ4n) is 2.54. The van der Waals surface area contributed by atoms with Crippen molar-refractivity contribution < 1.29 is 5.11 Å². The Morgan fingerprint density at radius 1 is 1.39 bits per heavy atom. The zero-order valence-electron chi connectivity index (χ0n) is 11.2. The molecule has 1 aromatic carbocycles. The fraction of sp³-hybridized carbons (Fsp3) is 0.500. The van der Waals surface area contributed by atoms with Gasteiger partial charge in [0, 0.05) is 10.1 Å². The van der Waals surface area contributed by atoms with Crippen molar-refractivity contribution in [2.75, 3.05) is 0 Å². The smallest absolute Gasteiger partial charge is 0.0741 e. The van der Waals surface area contributed by atoms with Gasteiger partial charge in [0.05, 0.1) is 5.60 Å². The zero-order valence-corrected chi connectivity index (χ0v) is 12.0. The summed E-state index contributed by atoms with van der Waals surface area (Å²) in [6, 6.07) is 10.4. The number of allylic oxidation sites excluding steroid dienone is 1. The second-order valence-corrected chi connectivity index (χ2v) is 6.87. The van der Waals surface area contributed by atoms with Crippen LogP contribution in [0, 0.1) is 5.92 Å². The van der Waals surface area contributed by atoms with Gasteiger partial charge < -0.3 is 5.11 Å². The lowest BCUT2D eigenvalue weighted by Crippen LogP contribution is -2.42. The molecule has 0 radical (unpaired) electrons. The summed E-state index contributed by atoms with van der Waals surface area (Å²) < 4.78 is 0. The quantitative estimate of drug-likeness (QED) is 0.821. The predicted molar refractivity (Wildman–Crippen MR) is 78.9 cm³/mol. The maximum absolute atomic E-state index is 10.5. The first kappa shape index (κ1) is 13.7. The largest absolute Gasteiger partial charge is 0.389 e. The molecule has 0 saturated heterocycles. The molecule has 1 aromatic rings. The lowest BCUT2D eigenvalue weighted by molar-refractivity contribution is 0.0194. The molecule has 0 aliphatic heterocycles. The third-order valence-electron chi connectivity index (χ3n) is 3.91. The van der Waals surface area contributed by atoms with Gasteiger partial charge in [-0.05, 0) is 51.2 Å². The Kier molecular flexibility index (Phi) is 4.18. The molecule has 0 amide bonds. The van der Waals surface area contributed by atoms with Gasteiger partial charge in [-0.2, -0.15) is 0 Å². The van der Waals surface area contributed by atoms with E-state index in [1.807, 2.05) is 13.0 Å². The molecule has 2 unspecified atom stereocenters. The lowest BCUT2D eigenvalue weighted by Gasteiger charge is -2.40. The number of hydrogen-bond acceptors (Lipinski definition) is 2. The Balaban J connectivity index is 2.10. The van der Waals surface area contributed by atoms with Crippen LogP contribution in [0.3, 0.4) is 0 Å². The Labute approximate surface area is 114 Å². The maximum atomic E-state index is 10.5. The number of benzene rings is 1. The summed E-state index contributed by atoms with van der Waals surface area (Å²) in [5.74, 6) is 0.562. The number of rotatable bonds is 3. The number of hydrogen-bond donors (Lipinski definition) is 1. The van der Waals surface area contributed by atoms with Gasteiger partial charge in [0.1, 0.15) is 0 Å². The Morgan fingerprint density at radius 3 is 2.67 bits per heavy atom. The molecule has 1 N–H and O–H groups in total. The van der Waals surface area contributed by atoms with E-state index < -0.39 is 5.60 Å². The molecule has 1 aliphatic carbocycles. The molecule has 1 nitrogen and oxygen atoms in total. The van der Waals surface area contributed by atoms with E-state index in [0.29, 0.717) is 5.92 Å². The highest BCUT2D eigenvalue weighted by atomic mass is 32.2. The van der Waals surface area contributed by atoms with Crippen LogP contribution in [-0.4, -0.2) is 16.0 Å². The van der Waals surface area contributed by atoms with E-state index >= 15 is 0 Å². The molecule has 1 aliphatic rings. The summed E-state index contributed by atoms with van der Waals surface area (Å²) in [5.41, 5.74) is 0.691. The predicted octanol–water partition coefficient (Wildman–Crippen LogP) is 4.27. The van der Waals surface area contributed by atoms with Gasteiger partial charge in [0.2, 0.25) is 0 Å². The standard InChI is InChI=1S/C16H22OS/c1-12(2)13-9-10-16(3,17)15(11-13)18-14-7-5-4-6-8-14/h4-8,13,15,17H,1,9-11H2,2-3H3/t13-,15?,16?/m0/s1. The molecule has 2 rings (SSSR count). The van der Waals surface area contributed by atoms with Crippen LogP contribution in [0.2, 0.25) is 0 Å². The van der Waals surface area contributed by atoms with Crippen molar-refractivity contribution in [3.63, 3.8) is 0 Å². The molecule has 0 spiro atoms. The Hall–Kier alpha value is -0.730. The van der Waals surface area contributed by atoms with Gasteiger partial charge in [0.25, 0.3) is 0 Å². The summed E-state index contributed by atoms with van der Waals surface area (Å²) in [7, 11) is 0. The van der Waals surface area contributed by atoms with E-state index in [4.69, 9.17) is 0 Å². The first-order valence-electron chi connectivity index (χ1n) is 6.58. The SMILES string of the molecule is C=C(C)[C@H]1CCC(C)(O)C(Sc2ccccc2)C1. The summed E-state index contributed by atoms with van der Waals surface area (Å²) >= 11 is 1.80. The van der Waals surface area contributed by atoms with Crippen molar-refractivity contribution in [2.45, 2.75) is 48.9 Å². The highest BCUT2D eigenvalue weighted by Gasteiger charge is 2.39. The third kappa shape index (κ3) is 3.18. The van der Waals surface area contributed by atoms with Crippen LogP contribution in [0.25, 0.3) is 0 Å². The number of thioether (sulfide) groups is 1. The van der Waals surface area contributed by atoms with Crippen LogP contribution in [-0.2, 0) is 0 Å². The normalized spacial score (nSPS) is 32.2. The third-order valence-corrected chi connectivity index (χ3v) is 5.44. The van der Waals surface area contributed by atoms with Gasteiger partial charge in [-0.3, -0.25) is 0 Å². The fourth-order valence-corrected chi connectivity index (χ4v) is 3.89. The second kappa shape index (κ2) is 5.50. The average Bonchev–Trinajstić information content (AvgIpc) is 2.33. The zero-order chi connectivity index (χ0) is 13.2. The van der Waals surface area contributed by atoms with Crippen molar-refractivity contribution in [1.82, 2.24) is 0 Å². The lowest BCUT2D eigenvalue weighted by atomic mass is 9.77. The molecular formula is C16H22OS. The first-order valence-corrected chi connectivity index (χ1v) is 7.46. The van der Waals surface area contributed by atoms with E-state index in [1.54, 1.807) is 11.8 Å². The summed E-state index contributed by atoms with van der Waals surface area (Å²) in [6.45, 7) is 8.16. The molecule has 0 heterocycles. The summed E-state index contributed by atoms with van der Waals surface area (Å²) in [6.07, 6.45) is 2.96. The van der Waals surface area contributed by atoms with Crippen LogP contribution in [0.15, 0.2) is 47.4 Å². The molecule has 0 aromatic heterocycles. The van der Waals surface area contributed by atoms with E-state index in [0.717, 1.165) is 19.3 Å². The van der Waals surface area contributed by atoms with Gasteiger partial charge in [0.15, 0.2) is 0 Å². The molecule has 3 atom stereocenters. The second-order valence-electron chi connectivity index (χ2n) is 5.59. The van der Waals surface area contributed by atoms with Gasteiger partial charge >= 0.3 is 0 Å². The first-order chi connectivity index (χ1) is 8.49. The Bertz CT molecular complexity index is 410. The highest BCUT2D eigenvalue weighted by Crippen LogP contribution is 2.43. The van der Waals surface area contributed by atoms with Crippen LogP contribution >= 0.6 is 11.8 Å². The topological polar surface area (TPSA) is 20.2 Å².